The average Bonchev–Trinajstić information content (AvgIpc) is 2.85. The van der Waals surface area contributed by atoms with Crippen molar-refractivity contribution in [2.45, 2.75) is 19.3 Å². The summed E-state index contributed by atoms with van der Waals surface area (Å²) < 4.78 is 32.4. The lowest BCUT2D eigenvalue weighted by Crippen LogP contribution is -2.00. The van der Waals surface area contributed by atoms with Gasteiger partial charge in [-0.2, -0.15) is 0 Å². The summed E-state index contributed by atoms with van der Waals surface area (Å²) >= 11 is 0. The first-order valence-electron chi connectivity index (χ1n) is 5.90. The van der Waals surface area contributed by atoms with Crippen molar-refractivity contribution in [3.8, 4) is 11.6 Å². The fourth-order valence-electron chi connectivity index (χ4n) is 2.14. The van der Waals surface area contributed by atoms with Gasteiger partial charge in [0.2, 0.25) is 5.88 Å². The Morgan fingerprint density at radius 3 is 2.79 bits per heavy atom. The van der Waals surface area contributed by atoms with E-state index in [0.29, 0.717) is 0 Å². The smallest absolute Gasteiger partial charge is 0.225 e. The summed E-state index contributed by atoms with van der Waals surface area (Å²) in [6.07, 6.45) is 3.96. The van der Waals surface area contributed by atoms with E-state index in [1.54, 1.807) is 0 Å². The van der Waals surface area contributed by atoms with Gasteiger partial charge in [0.05, 0.1) is 11.4 Å². The zero-order chi connectivity index (χ0) is 13.4. The minimum atomic E-state index is -0.720. The molecule has 0 bridgehead atoms. The van der Waals surface area contributed by atoms with E-state index in [-0.39, 0.29) is 17.3 Å². The maximum absolute atomic E-state index is 13.7. The van der Waals surface area contributed by atoms with Gasteiger partial charge in [-0.3, -0.25) is 0 Å². The lowest BCUT2D eigenvalue weighted by molar-refractivity contribution is 0.418. The highest BCUT2D eigenvalue weighted by atomic mass is 19.1. The maximum atomic E-state index is 13.7. The molecule has 0 saturated carbocycles. The van der Waals surface area contributed by atoms with Crippen LogP contribution in [-0.2, 0) is 12.8 Å². The van der Waals surface area contributed by atoms with Crippen molar-refractivity contribution in [1.29, 1.82) is 0 Å². The Bertz CT molecular complexity index is 646. The van der Waals surface area contributed by atoms with E-state index < -0.39 is 11.6 Å². The van der Waals surface area contributed by atoms with Crippen LogP contribution in [0, 0.1) is 11.6 Å². The van der Waals surface area contributed by atoms with Gasteiger partial charge >= 0.3 is 0 Å². The highest BCUT2D eigenvalue weighted by molar-refractivity contribution is 5.46. The van der Waals surface area contributed by atoms with Crippen LogP contribution >= 0.6 is 0 Å². The van der Waals surface area contributed by atoms with Crippen LogP contribution in [0.15, 0.2) is 18.5 Å². The van der Waals surface area contributed by atoms with Gasteiger partial charge in [0.15, 0.2) is 11.6 Å². The van der Waals surface area contributed by atoms with Gasteiger partial charge < -0.3 is 10.5 Å². The average molecular weight is 263 g/mol. The summed E-state index contributed by atoms with van der Waals surface area (Å²) in [7, 11) is 0. The highest BCUT2D eigenvalue weighted by Gasteiger charge is 2.20. The van der Waals surface area contributed by atoms with Crippen molar-refractivity contribution in [3.63, 3.8) is 0 Å². The number of halogens is 2. The van der Waals surface area contributed by atoms with Gasteiger partial charge in [0, 0.05) is 17.7 Å². The molecule has 98 valence electrons. The summed E-state index contributed by atoms with van der Waals surface area (Å²) in [6.45, 7) is 0. The number of rotatable bonds is 2. The second kappa shape index (κ2) is 4.46. The second-order valence-corrected chi connectivity index (χ2v) is 4.36. The molecule has 3 rings (SSSR count). The molecule has 4 nitrogen and oxygen atoms in total. The molecule has 1 heterocycles. The lowest BCUT2D eigenvalue weighted by atomic mass is 10.2. The molecule has 2 N–H and O–H groups in total. The molecule has 0 aliphatic heterocycles. The van der Waals surface area contributed by atoms with Crippen LogP contribution in [-0.4, -0.2) is 9.97 Å². The highest BCUT2D eigenvalue weighted by Crippen LogP contribution is 2.32. The molecule has 1 aliphatic rings. The van der Waals surface area contributed by atoms with Crippen molar-refractivity contribution in [3.05, 3.63) is 41.4 Å². The van der Waals surface area contributed by atoms with Crippen molar-refractivity contribution >= 4 is 5.69 Å². The van der Waals surface area contributed by atoms with Crippen molar-refractivity contribution in [2.24, 2.45) is 0 Å². The summed E-state index contributed by atoms with van der Waals surface area (Å²) in [5, 5.41) is 0. The van der Waals surface area contributed by atoms with Crippen LogP contribution in [0.5, 0.6) is 11.6 Å². The van der Waals surface area contributed by atoms with Crippen LogP contribution in [0.3, 0.4) is 0 Å². The molecule has 0 radical (unpaired) electrons. The number of ether oxygens (including phenoxy) is 1. The zero-order valence-electron chi connectivity index (χ0n) is 9.99. The van der Waals surface area contributed by atoms with Crippen molar-refractivity contribution < 1.29 is 13.5 Å². The van der Waals surface area contributed by atoms with Gasteiger partial charge in [-0.25, -0.2) is 18.7 Å². The normalized spacial score (nSPS) is 13.4. The first-order valence-corrected chi connectivity index (χ1v) is 5.90. The topological polar surface area (TPSA) is 61.0 Å². The van der Waals surface area contributed by atoms with E-state index >= 15 is 0 Å². The van der Waals surface area contributed by atoms with E-state index in [1.807, 2.05) is 0 Å². The quantitative estimate of drug-likeness (QED) is 0.846. The molecule has 6 heteroatoms. The maximum Gasteiger partial charge on any atom is 0.225 e. The Morgan fingerprint density at radius 1 is 1.11 bits per heavy atom. The van der Waals surface area contributed by atoms with E-state index in [2.05, 4.69) is 9.97 Å². The number of aryl methyl sites for hydroxylation is 1. The number of hydrogen-bond acceptors (Lipinski definition) is 4. The third-order valence-corrected chi connectivity index (χ3v) is 3.09. The van der Waals surface area contributed by atoms with Gasteiger partial charge in [-0.15, -0.1) is 0 Å². The van der Waals surface area contributed by atoms with Gasteiger partial charge in [-0.1, -0.05) is 0 Å². The minimum Gasteiger partial charge on any atom is -0.435 e. The summed E-state index contributed by atoms with van der Waals surface area (Å²) in [6, 6.07) is 1.82. The van der Waals surface area contributed by atoms with E-state index in [0.717, 1.165) is 42.7 Å². The monoisotopic (exact) mass is 263 g/mol. The number of benzene rings is 1. The van der Waals surface area contributed by atoms with Gasteiger partial charge in [0.25, 0.3) is 0 Å². The minimum absolute atomic E-state index is 0.223. The number of anilines is 1. The summed E-state index contributed by atoms with van der Waals surface area (Å²) in [5.41, 5.74) is 6.79. The predicted molar refractivity (Wildman–Crippen MR) is 64.9 cm³/mol. The van der Waals surface area contributed by atoms with Gasteiger partial charge in [0.1, 0.15) is 12.1 Å². The Labute approximate surface area is 108 Å². The van der Waals surface area contributed by atoms with Crippen molar-refractivity contribution in [1.82, 2.24) is 9.97 Å². The van der Waals surface area contributed by atoms with E-state index in [9.17, 15) is 8.78 Å². The third kappa shape index (κ3) is 2.09. The number of hydrogen-bond donors (Lipinski definition) is 1. The molecule has 0 unspecified atom stereocenters. The first kappa shape index (κ1) is 11.8. The molecule has 19 heavy (non-hydrogen) atoms. The molecule has 0 amide bonds. The van der Waals surface area contributed by atoms with Crippen LogP contribution in [0.2, 0.25) is 0 Å². The molecule has 1 aromatic heterocycles. The Morgan fingerprint density at radius 2 is 1.95 bits per heavy atom. The molecule has 1 aliphatic carbocycles. The summed E-state index contributed by atoms with van der Waals surface area (Å²) in [5.74, 6) is -1.38. The van der Waals surface area contributed by atoms with Crippen LogP contribution in [0.4, 0.5) is 14.5 Å². The number of aromatic nitrogens is 2. The molecule has 2 aromatic rings. The van der Waals surface area contributed by atoms with E-state index in [1.165, 1.54) is 6.33 Å². The number of fused-ring (bicyclic) bond motifs is 1. The largest absolute Gasteiger partial charge is 0.435 e. The number of nitrogen functional groups attached to an aromatic ring is 1. The van der Waals surface area contributed by atoms with E-state index in [4.69, 9.17) is 10.5 Å². The Hall–Kier alpha value is -2.24. The number of nitrogens with two attached hydrogens (primary N) is 1. The van der Waals surface area contributed by atoms with Crippen LogP contribution in [0.25, 0.3) is 0 Å². The van der Waals surface area contributed by atoms with Gasteiger partial charge in [-0.05, 0) is 19.3 Å². The first-order chi connectivity index (χ1) is 9.15. The molecule has 0 fully saturated rings. The fourth-order valence-corrected chi connectivity index (χ4v) is 2.14. The zero-order valence-corrected chi connectivity index (χ0v) is 9.99. The standard InChI is InChI=1S/C13H11F2N3O/c14-8-5-12(9(15)4-10(8)16)19-13-7-2-1-3-11(7)17-6-18-13/h4-6H,1-3,16H2. The number of nitrogens with zero attached hydrogens (tertiary/aromatic N) is 2. The predicted octanol–water partition coefficient (Wildman–Crippen LogP) is 2.62. The molecule has 1 aromatic carbocycles. The molecule has 0 saturated heterocycles. The van der Waals surface area contributed by atoms with Crippen LogP contribution < -0.4 is 10.5 Å². The Balaban J connectivity index is 1.98. The van der Waals surface area contributed by atoms with Crippen molar-refractivity contribution in [2.75, 3.05) is 5.73 Å². The third-order valence-electron chi connectivity index (χ3n) is 3.09. The van der Waals surface area contributed by atoms with Crippen LogP contribution in [0.1, 0.15) is 17.7 Å². The molecule has 0 atom stereocenters. The molecular weight excluding hydrogens is 252 g/mol. The lowest BCUT2D eigenvalue weighted by Gasteiger charge is -2.10. The molecular formula is C13H11F2N3O. The molecule has 0 spiro atoms. The SMILES string of the molecule is Nc1cc(F)c(Oc2ncnc3c2CCC3)cc1F. The summed E-state index contributed by atoms with van der Waals surface area (Å²) in [4.78, 5) is 8.12. The fraction of sp³-hybridized carbons (Fsp3) is 0.231. The second-order valence-electron chi connectivity index (χ2n) is 4.36. The Kier molecular flexibility index (Phi) is 2.77.